The maximum absolute atomic E-state index is 13.5. The highest BCUT2D eigenvalue weighted by atomic mass is 32.2. The third kappa shape index (κ3) is 3.64. The monoisotopic (exact) mass is 431 g/mol. The van der Waals surface area contributed by atoms with E-state index in [2.05, 4.69) is 4.74 Å². The summed E-state index contributed by atoms with van der Waals surface area (Å²) in [5.41, 5.74) is 6.60. The van der Waals surface area contributed by atoms with Crippen LogP contribution in [0, 0.1) is 17.1 Å². The molecule has 1 aromatic rings. The second kappa shape index (κ2) is 8.59. The number of halogens is 1. The van der Waals surface area contributed by atoms with Crippen molar-refractivity contribution in [3.05, 3.63) is 57.6 Å². The first-order valence-electron chi connectivity index (χ1n) is 8.97. The van der Waals surface area contributed by atoms with Crippen molar-refractivity contribution in [3.8, 4) is 6.07 Å². The van der Waals surface area contributed by atoms with Gasteiger partial charge in [-0.25, -0.2) is 9.18 Å². The quantitative estimate of drug-likeness (QED) is 0.702. The number of fused-ring (bicyclic) bond motifs is 1. The Morgan fingerprint density at radius 2 is 2.00 bits per heavy atom. The predicted octanol–water partition coefficient (Wildman–Crippen LogP) is 1.90. The van der Waals surface area contributed by atoms with Gasteiger partial charge in [-0.1, -0.05) is 23.9 Å². The number of hydrogen-bond donors (Lipinski definition) is 1. The molecule has 1 aromatic carbocycles. The maximum atomic E-state index is 13.5. The third-order valence-corrected chi connectivity index (χ3v) is 5.95. The molecule has 0 spiro atoms. The van der Waals surface area contributed by atoms with E-state index in [-0.39, 0.29) is 35.0 Å². The lowest BCUT2D eigenvalue weighted by atomic mass is 9.83. The second-order valence-corrected chi connectivity index (χ2v) is 7.59. The lowest BCUT2D eigenvalue weighted by molar-refractivity contribution is -0.142. The minimum absolute atomic E-state index is 0.0407. The van der Waals surface area contributed by atoms with E-state index in [9.17, 15) is 24.0 Å². The van der Waals surface area contributed by atoms with Gasteiger partial charge in [0.05, 0.1) is 48.3 Å². The average molecular weight is 431 g/mol. The Balaban J connectivity index is 2.20. The molecule has 3 rings (SSSR count). The Kier molecular flexibility index (Phi) is 6.12. The van der Waals surface area contributed by atoms with Crippen LogP contribution in [0.4, 0.5) is 4.39 Å². The summed E-state index contributed by atoms with van der Waals surface area (Å²) < 4.78 is 23.3. The van der Waals surface area contributed by atoms with Crippen molar-refractivity contribution in [2.24, 2.45) is 5.73 Å². The Hall–Kier alpha value is -3.32. The fourth-order valence-electron chi connectivity index (χ4n) is 3.32. The van der Waals surface area contributed by atoms with Crippen molar-refractivity contribution in [1.82, 2.24) is 4.90 Å². The van der Waals surface area contributed by atoms with Crippen molar-refractivity contribution < 1.29 is 28.2 Å². The van der Waals surface area contributed by atoms with Crippen molar-refractivity contribution in [3.63, 3.8) is 0 Å². The molecule has 0 bridgehead atoms. The molecule has 156 valence electrons. The van der Waals surface area contributed by atoms with Crippen LogP contribution in [-0.2, 0) is 23.9 Å². The van der Waals surface area contributed by atoms with E-state index in [0.717, 1.165) is 16.7 Å². The van der Waals surface area contributed by atoms with Gasteiger partial charge in [0.25, 0.3) is 0 Å². The summed E-state index contributed by atoms with van der Waals surface area (Å²) >= 11 is 0.983. The van der Waals surface area contributed by atoms with E-state index in [1.54, 1.807) is 6.92 Å². The molecule has 1 amide bonds. The first kappa shape index (κ1) is 21.4. The van der Waals surface area contributed by atoms with Crippen LogP contribution in [0.15, 0.2) is 46.3 Å². The fraction of sp³-hybridized carbons (Fsp3) is 0.300. The number of nitrogens with two attached hydrogens (primary N) is 1. The number of thioether (sulfide) groups is 1. The van der Waals surface area contributed by atoms with E-state index in [4.69, 9.17) is 10.5 Å². The van der Waals surface area contributed by atoms with Gasteiger partial charge >= 0.3 is 11.9 Å². The molecular formula is C20H18FN3O5S. The van der Waals surface area contributed by atoms with E-state index >= 15 is 0 Å². The van der Waals surface area contributed by atoms with Gasteiger partial charge in [-0.3, -0.25) is 14.5 Å². The maximum Gasteiger partial charge on any atom is 0.337 e. The van der Waals surface area contributed by atoms with Gasteiger partial charge in [-0.2, -0.15) is 5.26 Å². The van der Waals surface area contributed by atoms with E-state index in [1.165, 1.54) is 31.4 Å². The molecule has 30 heavy (non-hydrogen) atoms. The third-order valence-electron chi connectivity index (χ3n) is 4.68. The van der Waals surface area contributed by atoms with Gasteiger partial charge in [0.2, 0.25) is 5.91 Å². The number of nitriles is 1. The number of hydrogen-bond acceptors (Lipinski definition) is 8. The Labute approximate surface area is 176 Å². The fourth-order valence-corrected chi connectivity index (χ4v) is 4.64. The van der Waals surface area contributed by atoms with Crippen LogP contribution in [0.2, 0.25) is 0 Å². The highest BCUT2D eigenvalue weighted by Gasteiger charge is 2.49. The second-order valence-electron chi connectivity index (χ2n) is 6.39. The summed E-state index contributed by atoms with van der Waals surface area (Å²) in [6.45, 7) is 1.69. The molecule has 10 heteroatoms. The number of rotatable bonds is 5. The van der Waals surface area contributed by atoms with E-state index in [1.807, 2.05) is 6.07 Å². The summed E-state index contributed by atoms with van der Waals surface area (Å²) in [7, 11) is 1.20. The molecule has 0 radical (unpaired) electrons. The molecule has 0 aromatic heterocycles. The number of esters is 2. The molecular weight excluding hydrogens is 413 g/mol. The van der Waals surface area contributed by atoms with Crippen molar-refractivity contribution in [2.45, 2.75) is 24.5 Å². The predicted molar refractivity (Wildman–Crippen MR) is 104 cm³/mol. The Morgan fingerprint density at radius 1 is 1.33 bits per heavy atom. The topological polar surface area (TPSA) is 123 Å². The van der Waals surface area contributed by atoms with Crippen LogP contribution >= 0.6 is 11.8 Å². The largest absolute Gasteiger partial charge is 0.469 e. The molecule has 1 fully saturated rings. The smallest absolute Gasteiger partial charge is 0.337 e. The van der Waals surface area contributed by atoms with Crippen molar-refractivity contribution in [2.75, 3.05) is 13.7 Å². The van der Waals surface area contributed by atoms with Crippen LogP contribution in [0.25, 0.3) is 0 Å². The zero-order chi connectivity index (χ0) is 22.0. The molecule has 2 atom stereocenters. The molecule has 2 N–H and O–H groups in total. The van der Waals surface area contributed by atoms with Crippen LogP contribution in [0.1, 0.15) is 24.8 Å². The van der Waals surface area contributed by atoms with Gasteiger partial charge in [0, 0.05) is 0 Å². The number of methoxy groups -OCH3 is 1. The Morgan fingerprint density at radius 3 is 2.57 bits per heavy atom. The summed E-state index contributed by atoms with van der Waals surface area (Å²) in [4.78, 5) is 38.6. The van der Waals surface area contributed by atoms with Crippen molar-refractivity contribution in [1.29, 1.82) is 5.26 Å². The number of allylic oxidation sites excluding steroid dienone is 1. The van der Waals surface area contributed by atoms with Gasteiger partial charge in [0.15, 0.2) is 0 Å². The highest BCUT2D eigenvalue weighted by Crippen LogP contribution is 2.50. The number of carbonyl (C=O) groups is 3. The molecule has 2 heterocycles. The van der Waals surface area contributed by atoms with Crippen LogP contribution in [0.5, 0.6) is 0 Å². The zero-order valence-corrected chi connectivity index (χ0v) is 17.0. The molecule has 8 nitrogen and oxygen atoms in total. The van der Waals surface area contributed by atoms with E-state index < -0.39 is 34.8 Å². The molecule has 1 saturated heterocycles. The number of ether oxygens (including phenoxy) is 2. The van der Waals surface area contributed by atoms with Crippen LogP contribution in [-0.4, -0.2) is 41.7 Å². The number of carbonyl (C=O) groups excluding carboxylic acids is 3. The normalized spacial score (nSPS) is 20.7. The van der Waals surface area contributed by atoms with Crippen LogP contribution in [0.3, 0.4) is 0 Å². The molecule has 0 aliphatic carbocycles. The highest BCUT2D eigenvalue weighted by molar-refractivity contribution is 8.04. The standard InChI is InChI=1S/C20H18FN3O5S/c1-3-29-20(27)16-15(10-4-6-11(21)7-5-10)12(9-22)17(23)24-18(26)13(30-19(16)24)8-14(25)28-2/h4-7,13,15H,3,8,23H2,1-2H3/t13-,15-/m0/s1. The average Bonchev–Trinajstić information content (AvgIpc) is 3.04. The number of nitrogens with zero attached hydrogens (tertiary/aromatic N) is 2. The molecule has 2 aliphatic heterocycles. The van der Waals surface area contributed by atoms with Gasteiger partial charge in [-0.15, -0.1) is 0 Å². The molecule has 0 unspecified atom stereocenters. The minimum atomic E-state index is -0.946. The summed E-state index contributed by atoms with van der Waals surface area (Å²) in [6, 6.07) is 7.25. The van der Waals surface area contributed by atoms with Gasteiger partial charge in [-0.05, 0) is 24.6 Å². The number of benzene rings is 1. The lowest BCUT2D eigenvalue weighted by Gasteiger charge is -2.31. The van der Waals surface area contributed by atoms with Gasteiger partial charge in [0.1, 0.15) is 16.9 Å². The summed E-state index contributed by atoms with van der Waals surface area (Å²) in [6.07, 6.45) is -0.230. The molecule has 2 aliphatic rings. The number of amides is 1. The first-order chi connectivity index (χ1) is 14.3. The van der Waals surface area contributed by atoms with Gasteiger partial charge < -0.3 is 15.2 Å². The Bertz CT molecular complexity index is 1010. The van der Waals surface area contributed by atoms with Crippen LogP contribution < -0.4 is 5.73 Å². The summed E-state index contributed by atoms with van der Waals surface area (Å²) in [5, 5.41) is 9.10. The zero-order valence-electron chi connectivity index (χ0n) is 16.2. The minimum Gasteiger partial charge on any atom is -0.469 e. The van der Waals surface area contributed by atoms with Crippen molar-refractivity contribution >= 4 is 29.6 Å². The summed E-state index contributed by atoms with van der Waals surface area (Å²) in [5.74, 6) is -3.44. The first-order valence-corrected chi connectivity index (χ1v) is 9.85. The lowest BCUT2D eigenvalue weighted by Crippen LogP contribution is -2.38. The van der Waals surface area contributed by atoms with E-state index in [0.29, 0.717) is 5.56 Å². The molecule has 0 saturated carbocycles. The SMILES string of the molecule is CCOC(=O)C1=C2S[C@@H](CC(=O)OC)C(=O)N2C(N)=C(C#N)[C@@H]1c1ccc(F)cc1.